The van der Waals surface area contributed by atoms with E-state index in [1.54, 1.807) is 12.1 Å². The topological polar surface area (TPSA) is 84.7 Å². The van der Waals surface area contributed by atoms with Crippen molar-refractivity contribution in [2.24, 2.45) is 7.05 Å². The van der Waals surface area contributed by atoms with Gasteiger partial charge < -0.3 is 14.7 Å². The Morgan fingerprint density at radius 3 is 2.37 bits per heavy atom. The van der Waals surface area contributed by atoms with Crippen molar-refractivity contribution in [2.75, 3.05) is 19.7 Å². The first-order valence-corrected chi connectivity index (χ1v) is 9.10. The molecule has 0 aliphatic carbocycles. The minimum Gasteiger partial charge on any atom is -0.481 e. The Morgan fingerprint density at radius 2 is 1.85 bits per heavy atom. The van der Waals surface area contributed by atoms with Gasteiger partial charge in [0.25, 0.3) is 5.91 Å². The molecule has 0 atom stereocenters. The SMILES string of the molecule is Cc1cc(C(=O)N2CCC(c3ccnn3C)CC2)cc(C)c1OCC(=O)O. The van der Waals surface area contributed by atoms with Gasteiger partial charge in [-0.3, -0.25) is 9.48 Å². The number of hydrogen-bond donors (Lipinski definition) is 1. The lowest BCUT2D eigenvalue weighted by molar-refractivity contribution is -0.139. The van der Waals surface area contributed by atoms with Crippen molar-refractivity contribution in [1.29, 1.82) is 0 Å². The lowest BCUT2D eigenvalue weighted by atomic mass is 9.93. The number of aromatic nitrogens is 2. The molecule has 0 unspecified atom stereocenters. The Morgan fingerprint density at radius 1 is 1.22 bits per heavy atom. The van der Waals surface area contributed by atoms with Crippen LogP contribution in [0.1, 0.15) is 45.9 Å². The number of benzene rings is 1. The predicted molar refractivity (Wildman–Crippen MR) is 100 cm³/mol. The summed E-state index contributed by atoms with van der Waals surface area (Å²) in [5.74, 6) is -0.0552. The first-order chi connectivity index (χ1) is 12.9. The highest BCUT2D eigenvalue weighted by Crippen LogP contribution is 2.30. The van der Waals surface area contributed by atoms with Crippen molar-refractivity contribution < 1.29 is 19.4 Å². The summed E-state index contributed by atoms with van der Waals surface area (Å²) >= 11 is 0. The van der Waals surface area contributed by atoms with E-state index in [4.69, 9.17) is 9.84 Å². The molecule has 1 aliphatic heterocycles. The van der Waals surface area contributed by atoms with Crippen LogP contribution in [0.15, 0.2) is 24.4 Å². The molecule has 1 aliphatic rings. The van der Waals surface area contributed by atoms with E-state index in [1.807, 2.05) is 42.7 Å². The molecule has 0 bridgehead atoms. The number of nitrogens with zero attached hydrogens (tertiary/aromatic N) is 3. The van der Waals surface area contributed by atoms with E-state index in [2.05, 4.69) is 5.10 Å². The fraction of sp³-hybridized carbons (Fsp3) is 0.450. The van der Waals surface area contributed by atoms with Gasteiger partial charge >= 0.3 is 5.97 Å². The number of rotatable bonds is 5. The van der Waals surface area contributed by atoms with Gasteiger partial charge in [-0.15, -0.1) is 0 Å². The van der Waals surface area contributed by atoms with E-state index in [9.17, 15) is 9.59 Å². The third kappa shape index (κ3) is 4.13. The number of carboxylic acids is 1. The molecule has 1 aromatic heterocycles. The van der Waals surface area contributed by atoms with Gasteiger partial charge in [-0.05, 0) is 56.0 Å². The third-order valence-electron chi connectivity index (χ3n) is 5.11. The number of piperidine rings is 1. The maximum atomic E-state index is 12.9. The van der Waals surface area contributed by atoms with E-state index >= 15 is 0 Å². The number of amides is 1. The van der Waals surface area contributed by atoms with Crippen LogP contribution in [0.25, 0.3) is 0 Å². The summed E-state index contributed by atoms with van der Waals surface area (Å²) in [6.45, 7) is 4.69. The van der Waals surface area contributed by atoms with E-state index in [0.29, 0.717) is 30.3 Å². The van der Waals surface area contributed by atoms with Crippen molar-refractivity contribution >= 4 is 11.9 Å². The van der Waals surface area contributed by atoms with Gasteiger partial charge in [-0.1, -0.05) is 0 Å². The van der Waals surface area contributed by atoms with Crippen molar-refractivity contribution in [3.8, 4) is 5.75 Å². The van der Waals surface area contributed by atoms with Gasteiger partial charge in [-0.25, -0.2) is 4.79 Å². The highest BCUT2D eigenvalue weighted by atomic mass is 16.5. The number of likely N-dealkylation sites (tertiary alicyclic amines) is 1. The molecule has 0 spiro atoms. The van der Waals surface area contributed by atoms with Gasteiger partial charge in [0.2, 0.25) is 0 Å². The first-order valence-electron chi connectivity index (χ1n) is 9.10. The van der Waals surface area contributed by atoms with E-state index in [1.165, 1.54) is 5.69 Å². The van der Waals surface area contributed by atoms with E-state index in [0.717, 1.165) is 24.0 Å². The Bertz CT molecular complexity index is 828. The van der Waals surface area contributed by atoms with Crippen molar-refractivity contribution in [3.05, 3.63) is 46.8 Å². The van der Waals surface area contributed by atoms with Gasteiger partial charge in [0.1, 0.15) is 5.75 Å². The summed E-state index contributed by atoms with van der Waals surface area (Å²) in [6.07, 6.45) is 3.65. The molecule has 1 aromatic carbocycles. The fourth-order valence-corrected chi connectivity index (χ4v) is 3.78. The maximum absolute atomic E-state index is 12.9. The summed E-state index contributed by atoms with van der Waals surface area (Å²) in [4.78, 5) is 25.5. The number of carboxylic acid groups (broad SMARTS) is 1. The van der Waals surface area contributed by atoms with E-state index < -0.39 is 12.6 Å². The Labute approximate surface area is 158 Å². The Hall–Kier alpha value is -2.83. The van der Waals surface area contributed by atoms with Crippen LogP contribution in [0.4, 0.5) is 0 Å². The first kappa shape index (κ1) is 18.9. The normalized spacial score (nSPS) is 15.0. The molecule has 2 heterocycles. The van der Waals surface area contributed by atoms with Gasteiger partial charge in [0.05, 0.1) is 0 Å². The molecule has 1 fully saturated rings. The van der Waals surface area contributed by atoms with Gasteiger partial charge in [0, 0.05) is 43.5 Å². The lowest BCUT2D eigenvalue weighted by Gasteiger charge is -2.32. The monoisotopic (exact) mass is 371 g/mol. The second-order valence-corrected chi connectivity index (χ2v) is 7.07. The standard InChI is InChI=1S/C20H25N3O4/c1-13-10-16(11-14(2)19(13)27-12-18(24)25)20(26)23-8-5-15(6-9-23)17-4-7-21-22(17)3/h4,7,10-11,15H,5-6,8-9,12H2,1-3H3,(H,24,25). The second kappa shape index (κ2) is 7.82. The molecule has 1 amide bonds. The predicted octanol–water partition coefficient (Wildman–Crippen LogP) is 2.52. The highest BCUT2D eigenvalue weighted by Gasteiger charge is 2.26. The van der Waals surface area contributed by atoms with Crippen LogP contribution in [0, 0.1) is 13.8 Å². The average molecular weight is 371 g/mol. The minimum atomic E-state index is -1.02. The number of ether oxygens (including phenoxy) is 1. The minimum absolute atomic E-state index is 0.00874. The van der Waals surface area contributed by atoms with Crippen LogP contribution in [0.5, 0.6) is 5.75 Å². The van der Waals surface area contributed by atoms with Crippen molar-refractivity contribution in [3.63, 3.8) is 0 Å². The second-order valence-electron chi connectivity index (χ2n) is 7.07. The Kier molecular flexibility index (Phi) is 5.48. The zero-order valence-electron chi connectivity index (χ0n) is 15.9. The average Bonchev–Trinajstić information content (AvgIpc) is 3.06. The highest BCUT2D eigenvalue weighted by molar-refractivity contribution is 5.95. The number of hydrogen-bond acceptors (Lipinski definition) is 4. The van der Waals surface area contributed by atoms with Crippen molar-refractivity contribution in [2.45, 2.75) is 32.6 Å². The number of carbonyl (C=O) groups excluding carboxylic acids is 1. The maximum Gasteiger partial charge on any atom is 0.341 e. The zero-order valence-corrected chi connectivity index (χ0v) is 15.9. The molecule has 7 nitrogen and oxygen atoms in total. The lowest BCUT2D eigenvalue weighted by Crippen LogP contribution is -2.38. The zero-order chi connectivity index (χ0) is 19.6. The van der Waals surface area contributed by atoms with Crippen molar-refractivity contribution in [1.82, 2.24) is 14.7 Å². The molecular formula is C20H25N3O4. The summed E-state index contributed by atoms with van der Waals surface area (Å²) in [7, 11) is 1.95. The van der Waals surface area contributed by atoms with Gasteiger partial charge in [-0.2, -0.15) is 5.10 Å². The number of aryl methyl sites for hydroxylation is 3. The molecule has 0 radical (unpaired) electrons. The smallest absolute Gasteiger partial charge is 0.341 e. The fourth-order valence-electron chi connectivity index (χ4n) is 3.78. The van der Waals surface area contributed by atoms with Crippen LogP contribution >= 0.6 is 0 Å². The van der Waals surface area contributed by atoms with Crippen LogP contribution < -0.4 is 4.74 Å². The molecular weight excluding hydrogens is 346 g/mol. The molecule has 1 saturated heterocycles. The molecule has 7 heteroatoms. The van der Waals surface area contributed by atoms with Crippen LogP contribution in [0.3, 0.4) is 0 Å². The van der Waals surface area contributed by atoms with Crippen LogP contribution in [-0.2, 0) is 11.8 Å². The third-order valence-corrected chi connectivity index (χ3v) is 5.11. The van der Waals surface area contributed by atoms with Crippen LogP contribution in [-0.4, -0.2) is 51.4 Å². The number of aliphatic carboxylic acids is 1. The summed E-state index contributed by atoms with van der Waals surface area (Å²) in [5.41, 5.74) is 3.37. The summed E-state index contributed by atoms with van der Waals surface area (Å²) in [5, 5.41) is 13.0. The molecule has 27 heavy (non-hydrogen) atoms. The summed E-state index contributed by atoms with van der Waals surface area (Å²) < 4.78 is 7.25. The molecule has 0 saturated carbocycles. The quantitative estimate of drug-likeness (QED) is 0.873. The van der Waals surface area contributed by atoms with E-state index in [-0.39, 0.29) is 5.91 Å². The molecule has 144 valence electrons. The number of carbonyl (C=O) groups is 2. The molecule has 1 N–H and O–H groups in total. The molecule has 2 aromatic rings. The Balaban J connectivity index is 1.68. The van der Waals surface area contributed by atoms with Crippen LogP contribution in [0.2, 0.25) is 0 Å². The summed E-state index contributed by atoms with van der Waals surface area (Å²) in [6, 6.07) is 5.60. The van der Waals surface area contributed by atoms with Gasteiger partial charge in [0.15, 0.2) is 6.61 Å². The molecule has 3 rings (SSSR count). The largest absolute Gasteiger partial charge is 0.481 e.